The highest BCUT2D eigenvalue weighted by molar-refractivity contribution is 7.19. The first-order valence-corrected chi connectivity index (χ1v) is 6.94. The molecule has 2 heterocycles. The zero-order valence-corrected chi connectivity index (χ0v) is 12.3. The Balaban J connectivity index is 1.99. The number of nitrogen functional groups attached to an aromatic ring is 1. The predicted octanol–water partition coefficient (Wildman–Crippen LogP) is 3.06. The topological polar surface area (TPSA) is 83.4 Å². The maximum atomic E-state index is 5.71. The number of rotatable bonds is 4. The highest BCUT2D eigenvalue weighted by Gasteiger charge is 2.14. The Kier molecular flexibility index (Phi) is 3.49. The van der Waals surface area contributed by atoms with Crippen molar-refractivity contribution in [1.82, 2.24) is 10.1 Å². The molecule has 0 saturated heterocycles. The van der Waals surface area contributed by atoms with Crippen molar-refractivity contribution >= 4 is 16.3 Å². The molecule has 3 rings (SSSR count). The molecule has 0 atom stereocenters. The van der Waals surface area contributed by atoms with Crippen LogP contribution >= 0.6 is 11.3 Å². The van der Waals surface area contributed by atoms with Crippen LogP contribution in [0.1, 0.15) is 0 Å². The van der Waals surface area contributed by atoms with E-state index in [9.17, 15) is 0 Å². The Morgan fingerprint density at radius 2 is 1.81 bits per heavy atom. The van der Waals surface area contributed by atoms with Crippen LogP contribution < -0.4 is 15.2 Å². The third-order valence-electron chi connectivity index (χ3n) is 2.87. The second-order valence-corrected chi connectivity index (χ2v) is 5.34. The molecule has 3 aromatic rings. The molecule has 6 nitrogen and oxygen atoms in total. The van der Waals surface area contributed by atoms with E-state index in [1.165, 1.54) is 11.3 Å². The van der Waals surface area contributed by atoms with E-state index in [2.05, 4.69) is 10.1 Å². The van der Waals surface area contributed by atoms with Crippen molar-refractivity contribution < 1.29 is 14.0 Å². The summed E-state index contributed by atoms with van der Waals surface area (Å²) in [4.78, 5) is 5.22. The van der Waals surface area contributed by atoms with Crippen LogP contribution in [0.3, 0.4) is 0 Å². The molecule has 21 heavy (non-hydrogen) atoms. The number of benzene rings is 1. The fraction of sp³-hybridized carbons (Fsp3) is 0.143. The van der Waals surface area contributed by atoms with Gasteiger partial charge in [0.15, 0.2) is 0 Å². The molecule has 0 aliphatic carbocycles. The fourth-order valence-corrected chi connectivity index (χ4v) is 2.54. The number of aromatic nitrogens is 2. The lowest BCUT2D eigenvalue weighted by Crippen LogP contribution is -1.89. The van der Waals surface area contributed by atoms with Gasteiger partial charge in [-0.05, 0) is 24.3 Å². The summed E-state index contributed by atoms with van der Waals surface area (Å²) in [5.41, 5.74) is 6.46. The molecule has 0 aliphatic heterocycles. The number of anilines is 1. The van der Waals surface area contributed by atoms with Gasteiger partial charge >= 0.3 is 0 Å². The van der Waals surface area contributed by atoms with Crippen LogP contribution in [0.5, 0.6) is 11.5 Å². The molecule has 2 N–H and O–H groups in total. The molecule has 0 unspecified atom stereocenters. The maximum absolute atomic E-state index is 5.71. The molecule has 0 bridgehead atoms. The molecular formula is C14H13N3O3S. The van der Waals surface area contributed by atoms with Gasteiger partial charge in [-0.15, -0.1) is 11.3 Å². The number of nitrogens with two attached hydrogens (primary N) is 1. The number of hydrogen-bond acceptors (Lipinski definition) is 7. The highest BCUT2D eigenvalue weighted by atomic mass is 32.1. The summed E-state index contributed by atoms with van der Waals surface area (Å²) >= 11 is 1.40. The third-order valence-corrected chi connectivity index (χ3v) is 3.78. The van der Waals surface area contributed by atoms with Crippen molar-refractivity contribution in [3.8, 4) is 33.7 Å². The Hall–Kier alpha value is -2.54. The minimum absolute atomic E-state index is 0.438. The van der Waals surface area contributed by atoms with Crippen LogP contribution in [0.2, 0.25) is 0 Å². The quantitative estimate of drug-likeness (QED) is 0.797. The van der Waals surface area contributed by atoms with Gasteiger partial charge in [0, 0.05) is 11.6 Å². The van der Waals surface area contributed by atoms with E-state index in [-0.39, 0.29) is 0 Å². The summed E-state index contributed by atoms with van der Waals surface area (Å²) in [6, 6.07) is 9.08. The summed E-state index contributed by atoms with van der Waals surface area (Å²) in [6.45, 7) is 0. The zero-order valence-electron chi connectivity index (χ0n) is 11.5. The average molecular weight is 303 g/mol. The van der Waals surface area contributed by atoms with Gasteiger partial charge in [0.05, 0.1) is 24.1 Å². The molecule has 1 aromatic carbocycles. The van der Waals surface area contributed by atoms with E-state index >= 15 is 0 Å². The van der Waals surface area contributed by atoms with Gasteiger partial charge in [-0.1, -0.05) is 5.16 Å². The van der Waals surface area contributed by atoms with E-state index < -0.39 is 0 Å². The standard InChI is InChI=1S/C14H13N3O3S/c1-18-9-5-8(6-10(7-9)19-2)13-16-14(20-17-13)11-3-4-12(15)21-11/h3-7H,15H2,1-2H3. The van der Waals surface area contributed by atoms with Gasteiger partial charge in [-0.25, -0.2) is 0 Å². The van der Waals surface area contributed by atoms with Crippen LogP contribution in [0, 0.1) is 0 Å². The lowest BCUT2D eigenvalue weighted by molar-refractivity contribution is 0.394. The highest BCUT2D eigenvalue weighted by Crippen LogP contribution is 2.32. The molecule has 0 amide bonds. The first-order chi connectivity index (χ1) is 10.2. The van der Waals surface area contributed by atoms with Gasteiger partial charge in [-0.3, -0.25) is 0 Å². The van der Waals surface area contributed by atoms with Gasteiger partial charge < -0.3 is 19.7 Å². The number of methoxy groups -OCH3 is 2. The normalized spacial score (nSPS) is 10.6. The minimum atomic E-state index is 0.438. The van der Waals surface area contributed by atoms with Crippen LogP contribution in [0.4, 0.5) is 5.00 Å². The van der Waals surface area contributed by atoms with Crippen LogP contribution in [0.15, 0.2) is 34.9 Å². The van der Waals surface area contributed by atoms with Crippen molar-refractivity contribution in [3.05, 3.63) is 30.3 Å². The van der Waals surface area contributed by atoms with Gasteiger partial charge in [0.2, 0.25) is 5.82 Å². The van der Waals surface area contributed by atoms with Crippen molar-refractivity contribution in [2.45, 2.75) is 0 Å². The number of ether oxygens (including phenoxy) is 2. The number of nitrogens with zero attached hydrogens (tertiary/aromatic N) is 2. The van der Waals surface area contributed by atoms with E-state index in [4.69, 9.17) is 19.7 Å². The second-order valence-electron chi connectivity index (χ2n) is 4.23. The molecular weight excluding hydrogens is 290 g/mol. The molecule has 7 heteroatoms. The first-order valence-electron chi connectivity index (χ1n) is 6.12. The van der Waals surface area contributed by atoms with E-state index in [1.54, 1.807) is 26.4 Å². The Morgan fingerprint density at radius 1 is 1.10 bits per heavy atom. The molecule has 0 radical (unpaired) electrons. The fourth-order valence-electron chi connectivity index (χ4n) is 1.85. The number of thiophene rings is 1. The SMILES string of the molecule is COc1cc(OC)cc(-c2noc(-c3ccc(N)s3)n2)c1. The monoisotopic (exact) mass is 303 g/mol. The average Bonchev–Trinajstić information content (AvgIpc) is 3.15. The Morgan fingerprint density at radius 3 is 2.38 bits per heavy atom. The smallest absolute Gasteiger partial charge is 0.268 e. The lowest BCUT2D eigenvalue weighted by Gasteiger charge is -2.05. The molecule has 2 aromatic heterocycles. The molecule has 0 aliphatic rings. The second kappa shape index (κ2) is 5.45. The number of hydrogen-bond donors (Lipinski definition) is 1. The van der Waals surface area contributed by atoms with Crippen molar-refractivity contribution in [3.63, 3.8) is 0 Å². The van der Waals surface area contributed by atoms with Gasteiger partial charge in [0.25, 0.3) is 5.89 Å². The Labute approximate surface area is 125 Å². The zero-order chi connectivity index (χ0) is 14.8. The molecule has 0 spiro atoms. The maximum Gasteiger partial charge on any atom is 0.268 e. The summed E-state index contributed by atoms with van der Waals surface area (Å²) in [5, 5.41) is 4.69. The van der Waals surface area contributed by atoms with Crippen molar-refractivity contribution in [2.75, 3.05) is 20.0 Å². The van der Waals surface area contributed by atoms with Crippen LogP contribution in [-0.2, 0) is 0 Å². The van der Waals surface area contributed by atoms with E-state index in [0.717, 1.165) is 10.4 Å². The predicted molar refractivity (Wildman–Crippen MR) is 80.6 cm³/mol. The molecule has 0 saturated carbocycles. The van der Waals surface area contributed by atoms with Gasteiger partial charge in [0.1, 0.15) is 11.5 Å². The van der Waals surface area contributed by atoms with Gasteiger partial charge in [-0.2, -0.15) is 4.98 Å². The Bertz CT molecular complexity index is 744. The molecule has 0 fully saturated rings. The summed E-state index contributed by atoms with van der Waals surface area (Å²) in [7, 11) is 3.18. The molecule has 108 valence electrons. The third kappa shape index (κ3) is 2.68. The largest absolute Gasteiger partial charge is 0.497 e. The van der Waals surface area contributed by atoms with Crippen LogP contribution in [0.25, 0.3) is 22.2 Å². The van der Waals surface area contributed by atoms with E-state index in [1.807, 2.05) is 18.2 Å². The van der Waals surface area contributed by atoms with Crippen LogP contribution in [-0.4, -0.2) is 24.4 Å². The van der Waals surface area contributed by atoms with Crippen molar-refractivity contribution in [1.29, 1.82) is 0 Å². The summed E-state index contributed by atoms with van der Waals surface area (Å²) in [6.07, 6.45) is 0. The summed E-state index contributed by atoms with van der Waals surface area (Å²) in [5.74, 6) is 2.23. The minimum Gasteiger partial charge on any atom is -0.497 e. The lowest BCUT2D eigenvalue weighted by atomic mass is 10.2. The van der Waals surface area contributed by atoms with Crippen molar-refractivity contribution in [2.24, 2.45) is 0 Å². The first kappa shape index (κ1) is 13.4. The van der Waals surface area contributed by atoms with E-state index in [0.29, 0.717) is 28.2 Å². The summed E-state index contributed by atoms with van der Waals surface area (Å²) < 4.78 is 15.7.